The molecular formula is C10H16N4O5S. The number of rotatable bonds is 7. The van der Waals surface area contributed by atoms with Gasteiger partial charge in [-0.25, -0.2) is 8.42 Å². The summed E-state index contributed by atoms with van der Waals surface area (Å²) in [6.07, 6.45) is 0. The number of nitrogen functional groups attached to an aromatic ring is 1. The van der Waals surface area contributed by atoms with Crippen LogP contribution < -0.4 is 11.3 Å². The Morgan fingerprint density at radius 3 is 2.60 bits per heavy atom. The van der Waals surface area contributed by atoms with E-state index in [1.807, 2.05) is 0 Å². The number of hydrogen-bond acceptors (Lipinski definition) is 7. The Labute approximate surface area is 116 Å². The number of anilines is 1. The minimum Gasteiger partial charge on any atom is -0.395 e. The molecule has 0 unspecified atom stereocenters. The maximum absolute atomic E-state index is 12.3. The molecular weight excluding hydrogens is 288 g/mol. The van der Waals surface area contributed by atoms with Crippen molar-refractivity contribution in [3.8, 4) is 0 Å². The van der Waals surface area contributed by atoms with E-state index in [1.165, 1.54) is 6.07 Å². The van der Waals surface area contributed by atoms with E-state index in [-0.39, 0.29) is 25.4 Å². The minimum absolute atomic E-state index is 0.0942. The van der Waals surface area contributed by atoms with Gasteiger partial charge in [0, 0.05) is 19.2 Å². The molecule has 0 amide bonds. The fraction of sp³-hybridized carbons (Fsp3) is 0.400. The lowest BCUT2D eigenvalue weighted by Crippen LogP contribution is -2.33. The standard InChI is InChI=1S/C10H16N4O5S/c1-2-13(5-6-15)20(18,19)10-4-3-8(12-11)7-9(10)14(16)17/h3-4,7,12,15H,2,5-6,11H2,1H3. The summed E-state index contributed by atoms with van der Waals surface area (Å²) in [7, 11) is -4.05. The van der Waals surface area contributed by atoms with Crippen LogP contribution in [0, 0.1) is 10.1 Å². The zero-order chi connectivity index (χ0) is 15.3. The molecule has 0 aliphatic rings. The number of nitrogens with one attached hydrogen (secondary N) is 1. The third-order valence-electron chi connectivity index (χ3n) is 2.64. The van der Waals surface area contributed by atoms with E-state index in [2.05, 4.69) is 5.43 Å². The van der Waals surface area contributed by atoms with E-state index < -0.39 is 25.5 Å². The summed E-state index contributed by atoms with van der Waals surface area (Å²) in [6.45, 7) is 1.17. The number of sulfonamides is 1. The second-order valence-corrected chi connectivity index (χ2v) is 5.71. The van der Waals surface area contributed by atoms with E-state index in [1.54, 1.807) is 6.92 Å². The molecule has 0 bridgehead atoms. The molecule has 0 saturated heterocycles. The van der Waals surface area contributed by atoms with Gasteiger partial charge in [-0.05, 0) is 12.1 Å². The first-order valence-corrected chi connectivity index (χ1v) is 7.18. The van der Waals surface area contributed by atoms with Crippen LogP contribution in [0.1, 0.15) is 6.92 Å². The van der Waals surface area contributed by atoms with Crippen LogP contribution in [0.2, 0.25) is 0 Å². The average molecular weight is 304 g/mol. The summed E-state index contributed by atoms with van der Waals surface area (Å²) in [4.78, 5) is 9.79. The molecule has 9 nitrogen and oxygen atoms in total. The lowest BCUT2D eigenvalue weighted by molar-refractivity contribution is -0.387. The molecule has 0 atom stereocenters. The van der Waals surface area contributed by atoms with Gasteiger partial charge in [0.25, 0.3) is 5.69 Å². The average Bonchev–Trinajstić information content (AvgIpc) is 2.43. The number of nitro benzene ring substituents is 1. The maximum Gasteiger partial charge on any atom is 0.291 e. The molecule has 0 heterocycles. The smallest absolute Gasteiger partial charge is 0.291 e. The number of nitrogens with two attached hydrogens (primary N) is 1. The molecule has 10 heteroatoms. The zero-order valence-electron chi connectivity index (χ0n) is 10.8. The number of aliphatic hydroxyl groups is 1. The quantitative estimate of drug-likeness (QED) is 0.362. The van der Waals surface area contributed by atoms with Crippen molar-refractivity contribution in [3.05, 3.63) is 28.3 Å². The molecule has 1 rings (SSSR count). The highest BCUT2D eigenvalue weighted by Gasteiger charge is 2.30. The van der Waals surface area contributed by atoms with Crippen molar-refractivity contribution in [2.45, 2.75) is 11.8 Å². The third-order valence-corrected chi connectivity index (χ3v) is 4.66. The highest BCUT2D eigenvalue weighted by molar-refractivity contribution is 7.89. The van der Waals surface area contributed by atoms with Gasteiger partial charge in [0.05, 0.1) is 17.2 Å². The summed E-state index contributed by atoms with van der Waals surface area (Å²) in [5.74, 6) is 5.15. The molecule has 0 aliphatic carbocycles. The van der Waals surface area contributed by atoms with Gasteiger partial charge < -0.3 is 10.5 Å². The summed E-state index contributed by atoms with van der Waals surface area (Å²) in [5, 5.41) is 19.9. The lowest BCUT2D eigenvalue weighted by Gasteiger charge is -2.19. The topological polar surface area (TPSA) is 139 Å². The zero-order valence-corrected chi connectivity index (χ0v) is 11.6. The number of nitrogens with zero attached hydrogens (tertiary/aromatic N) is 2. The number of benzene rings is 1. The fourth-order valence-corrected chi connectivity index (χ4v) is 3.24. The van der Waals surface area contributed by atoms with Crippen molar-refractivity contribution < 1.29 is 18.4 Å². The van der Waals surface area contributed by atoms with Crippen LogP contribution in [0.5, 0.6) is 0 Å². The highest BCUT2D eigenvalue weighted by Crippen LogP contribution is 2.29. The van der Waals surface area contributed by atoms with Gasteiger partial charge in [0.2, 0.25) is 10.0 Å². The van der Waals surface area contributed by atoms with Crippen LogP contribution in [0.15, 0.2) is 23.1 Å². The highest BCUT2D eigenvalue weighted by atomic mass is 32.2. The van der Waals surface area contributed by atoms with Gasteiger partial charge in [-0.15, -0.1) is 0 Å². The van der Waals surface area contributed by atoms with Gasteiger partial charge in [0.15, 0.2) is 4.90 Å². The monoisotopic (exact) mass is 304 g/mol. The van der Waals surface area contributed by atoms with E-state index in [0.29, 0.717) is 0 Å². The summed E-state index contributed by atoms with van der Waals surface area (Å²) in [5.41, 5.74) is 1.87. The van der Waals surface area contributed by atoms with E-state index >= 15 is 0 Å². The SMILES string of the molecule is CCN(CCO)S(=O)(=O)c1ccc(NN)cc1[N+](=O)[O-]. The van der Waals surface area contributed by atoms with Crippen molar-refractivity contribution in [3.63, 3.8) is 0 Å². The normalized spacial score (nSPS) is 11.6. The second-order valence-electron chi connectivity index (χ2n) is 3.80. The summed E-state index contributed by atoms with van der Waals surface area (Å²) < 4.78 is 25.6. The van der Waals surface area contributed by atoms with Crippen molar-refractivity contribution in [1.82, 2.24) is 4.31 Å². The maximum atomic E-state index is 12.3. The van der Waals surface area contributed by atoms with Crippen molar-refractivity contribution in [2.24, 2.45) is 5.84 Å². The fourth-order valence-electron chi connectivity index (χ4n) is 1.67. The van der Waals surface area contributed by atoms with Crippen LogP contribution in [0.25, 0.3) is 0 Å². The molecule has 20 heavy (non-hydrogen) atoms. The van der Waals surface area contributed by atoms with Gasteiger partial charge in [-0.2, -0.15) is 4.31 Å². The Morgan fingerprint density at radius 2 is 2.15 bits per heavy atom. The molecule has 4 N–H and O–H groups in total. The number of aliphatic hydroxyl groups excluding tert-OH is 1. The Kier molecular flexibility index (Phi) is 5.39. The number of hydrogen-bond donors (Lipinski definition) is 3. The number of hydrazine groups is 1. The molecule has 1 aromatic carbocycles. The van der Waals surface area contributed by atoms with Crippen LogP contribution >= 0.6 is 0 Å². The molecule has 0 aliphatic heterocycles. The van der Waals surface area contributed by atoms with Crippen LogP contribution in [-0.2, 0) is 10.0 Å². The Hall–Kier alpha value is -1.75. The molecule has 0 radical (unpaired) electrons. The number of likely N-dealkylation sites (N-methyl/N-ethyl adjacent to an activating group) is 1. The van der Waals surface area contributed by atoms with Crippen molar-refractivity contribution in [2.75, 3.05) is 25.1 Å². The number of nitro groups is 1. The third kappa shape index (κ3) is 3.22. The van der Waals surface area contributed by atoms with E-state index in [9.17, 15) is 18.5 Å². The first kappa shape index (κ1) is 16.3. The van der Waals surface area contributed by atoms with Gasteiger partial charge >= 0.3 is 0 Å². The molecule has 112 valence electrons. The predicted octanol–water partition coefficient (Wildman–Crippen LogP) is -0.117. The molecule has 0 spiro atoms. The minimum atomic E-state index is -4.05. The first-order chi connectivity index (χ1) is 9.38. The molecule has 1 aromatic rings. The molecule has 0 aromatic heterocycles. The predicted molar refractivity (Wildman–Crippen MR) is 72.4 cm³/mol. The van der Waals surface area contributed by atoms with Gasteiger partial charge in [-0.1, -0.05) is 6.92 Å². The first-order valence-electron chi connectivity index (χ1n) is 5.74. The van der Waals surface area contributed by atoms with E-state index in [0.717, 1.165) is 16.4 Å². The van der Waals surface area contributed by atoms with Crippen molar-refractivity contribution in [1.29, 1.82) is 0 Å². The molecule has 0 saturated carbocycles. The van der Waals surface area contributed by atoms with Gasteiger partial charge in [-0.3, -0.25) is 16.0 Å². The Morgan fingerprint density at radius 1 is 1.50 bits per heavy atom. The summed E-state index contributed by atoms with van der Waals surface area (Å²) >= 11 is 0. The van der Waals surface area contributed by atoms with Gasteiger partial charge in [0.1, 0.15) is 0 Å². The largest absolute Gasteiger partial charge is 0.395 e. The van der Waals surface area contributed by atoms with Crippen LogP contribution in [0.4, 0.5) is 11.4 Å². The second kappa shape index (κ2) is 6.61. The Bertz CT molecular complexity index is 589. The lowest BCUT2D eigenvalue weighted by atomic mass is 10.3. The molecule has 0 fully saturated rings. The Balaban J connectivity index is 3.40. The van der Waals surface area contributed by atoms with E-state index in [4.69, 9.17) is 10.9 Å². The van der Waals surface area contributed by atoms with Crippen molar-refractivity contribution >= 4 is 21.4 Å². The van der Waals surface area contributed by atoms with Crippen LogP contribution in [-0.4, -0.2) is 42.4 Å². The van der Waals surface area contributed by atoms with Crippen LogP contribution in [0.3, 0.4) is 0 Å². The summed E-state index contributed by atoms with van der Waals surface area (Å²) in [6, 6.07) is 3.48.